The van der Waals surface area contributed by atoms with E-state index in [9.17, 15) is 13.2 Å². The highest BCUT2D eigenvalue weighted by Gasteiger charge is 2.33. The van der Waals surface area contributed by atoms with E-state index >= 15 is 0 Å². The molecule has 0 fully saturated rings. The van der Waals surface area contributed by atoms with Crippen molar-refractivity contribution in [1.82, 2.24) is 0 Å². The van der Waals surface area contributed by atoms with Crippen molar-refractivity contribution in [2.75, 3.05) is 0 Å². The summed E-state index contributed by atoms with van der Waals surface area (Å²) < 4.78 is 37.1. The van der Waals surface area contributed by atoms with Gasteiger partial charge in [0.15, 0.2) is 0 Å². The van der Waals surface area contributed by atoms with Crippen molar-refractivity contribution < 1.29 is 13.2 Å². The summed E-state index contributed by atoms with van der Waals surface area (Å²) >= 11 is 0. The molecule has 0 aliphatic carbocycles. The van der Waals surface area contributed by atoms with Crippen LogP contribution in [0.2, 0.25) is 0 Å². The monoisotopic (exact) mass is 197 g/mol. The molecule has 0 aliphatic heterocycles. The molecule has 0 atom stereocenters. The smallest absolute Gasteiger partial charge is 0.192 e. The molecule has 1 aromatic carbocycles. The third-order valence-electron chi connectivity index (χ3n) is 1.71. The molecule has 72 valence electrons. The van der Waals surface area contributed by atoms with Crippen LogP contribution >= 0.6 is 0 Å². The van der Waals surface area contributed by atoms with Crippen LogP contribution in [-0.4, -0.2) is 0 Å². The zero-order valence-corrected chi connectivity index (χ0v) is 7.10. The van der Waals surface area contributed by atoms with Crippen molar-refractivity contribution in [3.05, 3.63) is 41.5 Å². The van der Waals surface area contributed by atoms with Gasteiger partial charge in [-0.25, -0.2) is 0 Å². The van der Waals surface area contributed by atoms with E-state index in [1.807, 2.05) is 0 Å². The predicted molar refractivity (Wildman–Crippen MR) is 46.3 cm³/mol. The molecule has 0 N–H and O–H groups in total. The summed E-state index contributed by atoms with van der Waals surface area (Å²) in [5.41, 5.74) is -0.947. The van der Waals surface area contributed by atoms with Crippen LogP contribution in [0.3, 0.4) is 0 Å². The number of alkyl halides is 3. The number of halogens is 3. The highest BCUT2D eigenvalue weighted by atomic mass is 19.4. The molecule has 0 spiro atoms. The molecule has 0 bridgehead atoms. The van der Waals surface area contributed by atoms with Crippen molar-refractivity contribution in [3.8, 4) is 6.07 Å². The Balaban J connectivity index is 3.38. The number of nitrogens with zero attached hydrogens (tertiary/aromatic N) is 1. The van der Waals surface area contributed by atoms with Gasteiger partial charge >= 0.3 is 6.18 Å². The van der Waals surface area contributed by atoms with Crippen LogP contribution in [0.1, 0.15) is 16.7 Å². The van der Waals surface area contributed by atoms with E-state index in [0.29, 0.717) is 5.56 Å². The molecule has 1 aromatic rings. The van der Waals surface area contributed by atoms with Gasteiger partial charge < -0.3 is 0 Å². The van der Waals surface area contributed by atoms with Gasteiger partial charge in [0, 0.05) is 0 Å². The molecule has 0 radical (unpaired) electrons. The molecule has 1 nitrogen and oxygen atoms in total. The molecule has 1 rings (SSSR count). The van der Waals surface area contributed by atoms with E-state index in [1.54, 1.807) is 0 Å². The summed E-state index contributed by atoms with van der Waals surface area (Å²) in [5, 5.41) is 8.47. The van der Waals surface area contributed by atoms with Crippen LogP contribution < -0.4 is 0 Å². The number of hydrogen-bond acceptors (Lipinski definition) is 1. The topological polar surface area (TPSA) is 23.8 Å². The normalized spacial score (nSPS) is 10.7. The Morgan fingerprint density at radius 2 is 2.00 bits per heavy atom. The fourth-order valence-corrected chi connectivity index (χ4v) is 1.02. The largest absolute Gasteiger partial charge is 0.417 e. The Kier molecular flexibility index (Phi) is 2.61. The van der Waals surface area contributed by atoms with Crippen LogP contribution in [0.25, 0.3) is 6.08 Å². The molecule has 0 heterocycles. The minimum atomic E-state index is -4.50. The van der Waals surface area contributed by atoms with E-state index < -0.39 is 11.7 Å². The maximum absolute atomic E-state index is 12.4. The van der Waals surface area contributed by atoms with Gasteiger partial charge in [-0.1, -0.05) is 18.7 Å². The second-order valence-corrected chi connectivity index (χ2v) is 2.62. The van der Waals surface area contributed by atoms with Crippen molar-refractivity contribution in [2.24, 2.45) is 0 Å². The van der Waals surface area contributed by atoms with Gasteiger partial charge in [-0.05, 0) is 17.7 Å². The average Bonchev–Trinajstić information content (AvgIpc) is 2.15. The molecular formula is C10H6F3N. The van der Waals surface area contributed by atoms with Crippen molar-refractivity contribution in [3.63, 3.8) is 0 Å². The van der Waals surface area contributed by atoms with Crippen LogP contribution in [-0.2, 0) is 6.18 Å². The molecule has 0 aliphatic rings. The molecule has 0 aromatic heterocycles. The number of benzene rings is 1. The molecule has 4 heteroatoms. The number of hydrogen-bond donors (Lipinski definition) is 0. The molecule has 0 unspecified atom stereocenters. The molecule has 0 saturated heterocycles. The van der Waals surface area contributed by atoms with Crippen molar-refractivity contribution in [2.45, 2.75) is 6.18 Å². The first-order valence-electron chi connectivity index (χ1n) is 3.73. The fourth-order valence-electron chi connectivity index (χ4n) is 1.02. The van der Waals surface area contributed by atoms with Gasteiger partial charge in [-0.2, -0.15) is 18.4 Å². The summed E-state index contributed by atoms with van der Waals surface area (Å²) in [5.74, 6) is 0. The number of rotatable bonds is 1. The molecule has 0 amide bonds. The maximum atomic E-state index is 12.4. The van der Waals surface area contributed by atoms with Crippen LogP contribution in [0, 0.1) is 11.3 Å². The van der Waals surface area contributed by atoms with Crippen molar-refractivity contribution in [1.29, 1.82) is 5.26 Å². The third kappa shape index (κ3) is 1.94. The van der Waals surface area contributed by atoms with Crippen LogP contribution in [0.5, 0.6) is 0 Å². The Morgan fingerprint density at radius 3 is 2.43 bits per heavy atom. The minimum Gasteiger partial charge on any atom is -0.192 e. The molecule has 0 saturated carbocycles. The highest BCUT2D eigenvalue weighted by molar-refractivity contribution is 5.53. The third-order valence-corrected chi connectivity index (χ3v) is 1.71. The zero-order chi connectivity index (χ0) is 10.8. The first kappa shape index (κ1) is 10.3. The van der Waals surface area contributed by atoms with Crippen molar-refractivity contribution >= 4 is 6.08 Å². The Hall–Kier alpha value is -1.76. The van der Waals surface area contributed by atoms with Gasteiger partial charge in [-0.3, -0.25) is 0 Å². The summed E-state index contributed by atoms with van der Waals surface area (Å²) in [6, 6.07) is 4.96. The Bertz CT molecular complexity index is 399. The highest BCUT2D eigenvalue weighted by Crippen LogP contribution is 2.32. The van der Waals surface area contributed by atoms with Gasteiger partial charge in [0.25, 0.3) is 0 Å². The zero-order valence-electron chi connectivity index (χ0n) is 7.10. The van der Waals surface area contributed by atoms with E-state index in [0.717, 1.165) is 12.1 Å². The van der Waals surface area contributed by atoms with Gasteiger partial charge in [0.1, 0.15) is 0 Å². The van der Waals surface area contributed by atoms with Crippen LogP contribution in [0.15, 0.2) is 24.8 Å². The minimum absolute atomic E-state index is 0.344. The molecular weight excluding hydrogens is 191 g/mol. The fraction of sp³-hybridized carbons (Fsp3) is 0.100. The maximum Gasteiger partial charge on any atom is 0.417 e. The number of nitriles is 1. The van der Waals surface area contributed by atoms with E-state index in [4.69, 9.17) is 5.26 Å². The summed E-state index contributed by atoms with van der Waals surface area (Å²) in [7, 11) is 0. The lowest BCUT2D eigenvalue weighted by Crippen LogP contribution is -2.07. The first-order valence-corrected chi connectivity index (χ1v) is 3.73. The lowest BCUT2D eigenvalue weighted by Gasteiger charge is -2.08. The summed E-state index contributed by atoms with van der Waals surface area (Å²) in [6.45, 7) is 3.36. The second kappa shape index (κ2) is 3.54. The summed E-state index contributed by atoms with van der Waals surface area (Å²) in [4.78, 5) is 0. The van der Waals surface area contributed by atoms with E-state index in [-0.39, 0.29) is 5.56 Å². The lowest BCUT2D eigenvalue weighted by atomic mass is 10.0. The van der Waals surface area contributed by atoms with Crippen LogP contribution in [0.4, 0.5) is 13.2 Å². The average molecular weight is 197 g/mol. The quantitative estimate of drug-likeness (QED) is 0.678. The Labute approximate surface area is 79.1 Å². The van der Waals surface area contributed by atoms with Gasteiger partial charge in [0.05, 0.1) is 17.2 Å². The van der Waals surface area contributed by atoms with Gasteiger partial charge in [0.2, 0.25) is 0 Å². The SMILES string of the molecule is C=Cc1ccc(C#N)c(C(F)(F)F)c1. The van der Waals surface area contributed by atoms with E-state index in [1.165, 1.54) is 18.2 Å². The first-order chi connectivity index (χ1) is 6.49. The summed E-state index contributed by atoms with van der Waals surface area (Å²) in [6.07, 6.45) is -3.19. The lowest BCUT2D eigenvalue weighted by molar-refractivity contribution is -0.137. The van der Waals surface area contributed by atoms with E-state index in [2.05, 4.69) is 6.58 Å². The predicted octanol–water partition coefficient (Wildman–Crippen LogP) is 3.22. The second-order valence-electron chi connectivity index (χ2n) is 2.62. The Morgan fingerprint density at radius 1 is 1.36 bits per heavy atom. The standard InChI is InChI=1S/C10H6F3N/c1-2-7-3-4-8(6-14)9(5-7)10(11,12)13/h2-5H,1H2. The van der Waals surface area contributed by atoms with Gasteiger partial charge in [-0.15, -0.1) is 0 Å². The molecule has 14 heavy (non-hydrogen) atoms.